The van der Waals surface area contributed by atoms with Gasteiger partial charge in [0.05, 0.1) is 56.1 Å². The molecule has 7 aromatic carbocycles. The van der Waals surface area contributed by atoms with Gasteiger partial charge in [-0.1, -0.05) is 138 Å². The van der Waals surface area contributed by atoms with Gasteiger partial charge in [0.1, 0.15) is 42.0 Å². The number of esters is 1. The summed E-state index contributed by atoms with van der Waals surface area (Å²) in [4.78, 5) is 70.3. The first-order valence-corrected chi connectivity index (χ1v) is 26.7. The van der Waals surface area contributed by atoms with Crippen molar-refractivity contribution in [3.8, 4) is 29.1 Å². The van der Waals surface area contributed by atoms with Crippen LogP contribution in [0.1, 0.15) is 75.7 Å². The number of nitrogens with one attached hydrogen (secondary N) is 1. The van der Waals surface area contributed by atoms with Crippen molar-refractivity contribution in [1.29, 1.82) is 0 Å². The third-order valence-corrected chi connectivity index (χ3v) is 16.0. The fourth-order valence-corrected chi connectivity index (χ4v) is 12.5. The number of hydrogen-bond donors (Lipinski definition) is 2. The number of morpholine rings is 1. The van der Waals surface area contributed by atoms with Crippen LogP contribution in [0, 0.1) is 17.8 Å². The number of benzene rings is 7. The fourth-order valence-electron chi connectivity index (χ4n) is 12.5. The molecule has 2 fully saturated rings. The van der Waals surface area contributed by atoms with E-state index in [0.717, 1.165) is 32.7 Å². The zero-order chi connectivity index (χ0) is 55.1. The molecule has 12 rings (SSSR count). The van der Waals surface area contributed by atoms with Crippen LogP contribution in [-0.4, -0.2) is 93.7 Å². The standard InChI is InChI=1S/C64H57N7O9/c1-40(42-19-7-4-8-20-42)65-63(76)70-50-30-29-41(18-17-32-69-51-27-15-14-26-49(51)66-67-69)36-48(50)64(62(70)75)55(60(73)68-33-31-45-37-53(77-2)54(78-3)38-46(45)39-68)57-61(74)80-58(44-23-11-6-12-24-44)56(43-21-9-5-10-22-43)71(57)59(64)47-25-13-16-28-52(47)79-35-34-72/h4-16,19-30,36-38,40,55-59,72H,31-35,39H2,1-3H3,(H,65,76)/t40-,55+,56+,57+,58-,59-,64+/m1/s1. The van der Waals surface area contributed by atoms with Crippen LogP contribution in [0.2, 0.25) is 0 Å². The summed E-state index contributed by atoms with van der Waals surface area (Å²) in [6.45, 7) is 1.87. The van der Waals surface area contributed by atoms with Gasteiger partial charge in [0.15, 0.2) is 11.5 Å². The Hall–Kier alpha value is -9.30. The molecule has 1 spiro atoms. The van der Waals surface area contributed by atoms with E-state index in [2.05, 4.69) is 27.5 Å². The smallest absolute Gasteiger partial charge is 0.329 e. The lowest BCUT2D eigenvalue weighted by Gasteiger charge is -2.46. The van der Waals surface area contributed by atoms with Gasteiger partial charge < -0.3 is 34.3 Å². The summed E-state index contributed by atoms with van der Waals surface area (Å²) in [6.07, 6.45) is -0.543. The van der Waals surface area contributed by atoms with Crippen molar-refractivity contribution in [3.05, 3.63) is 214 Å². The Kier molecular flexibility index (Phi) is 13.8. The number of carbonyl (C=O) groups is 4. The molecular weight excluding hydrogens is 1010 g/mol. The summed E-state index contributed by atoms with van der Waals surface area (Å²) in [7, 11) is 3.13. The van der Waals surface area contributed by atoms with E-state index in [4.69, 9.17) is 18.9 Å². The van der Waals surface area contributed by atoms with Crippen LogP contribution in [0.15, 0.2) is 170 Å². The number of cyclic esters (lactones) is 1. The number of nitrogens with zero attached hydrogens (tertiary/aromatic N) is 6. The number of urea groups is 1. The predicted molar refractivity (Wildman–Crippen MR) is 297 cm³/mol. The topological polar surface area (TPSA) is 178 Å². The molecule has 8 aromatic rings. The van der Waals surface area contributed by atoms with Crippen LogP contribution < -0.4 is 24.4 Å². The lowest BCUT2D eigenvalue weighted by atomic mass is 9.64. The number of methoxy groups -OCH3 is 2. The highest BCUT2D eigenvalue weighted by Crippen LogP contribution is 2.67. The molecule has 7 atom stereocenters. The summed E-state index contributed by atoms with van der Waals surface area (Å²) in [5.74, 6) is 4.39. The fraction of sp³-hybridized carbons (Fsp3) is 0.250. The minimum Gasteiger partial charge on any atom is -0.493 e. The van der Waals surface area contributed by atoms with Gasteiger partial charge in [-0.05, 0) is 95.3 Å². The number of aliphatic hydroxyl groups excluding tert-OH is 1. The van der Waals surface area contributed by atoms with Crippen LogP contribution >= 0.6 is 0 Å². The first-order chi connectivity index (χ1) is 39.1. The quantitative estimate of drug-likeness (QED) is 0.0881. The number of para-hydroxylation sites is 2. The Labute approximate surface area is 462 Å². The van der Waals surface area contributed by atoms with Gasteiger partial charge in [0.25, 0.3) is 0 Å². The summed E-state index contributed by atoms with van der Waals surface area (Å²) >= 11 is 0. The van der Waals surface area contributed by atoms with Crippen molar-refractivity contribution in [2.45, 2.75) is 62.1 Å². The Balaban J connectivity index is 1.13. The Morgan fingerprint density at radius 3 is 2.20 bits per heavy atom. The molecule has 4 amide bonds. The highest BCUT2D eigenvalue weighted by atomic mass is 16.6. The van der Waals surface area contributed by atoms with E-state index in [1.807, 2.05) is 151 Å². The first-order valence-electron chi connectivity index (χ1n) is 26.7. The summed E-state index contributed by atoms with van der Waals surface area (Å²) in [6, 6.07) is 47.4. The molecule has 0 unspecified atom stereocenters. The molecule has 80 heavy (non-hydrogen) atoms. The monoisotopic (exact) mass is 1070 g/mol. The first kappa shape index (κ1) is 51.5. The van der Waals surface area contributed by atoms with Crippen molar-refractivity contribution in [2.75, 3.05) is 38.9 Å². The van der Waals surface area contributed by atoms with E-state index in [-0.39, 0.29) is 38.5 Å². The molecule has 4 aliphatic heterocycles. The number of aromatic nitrogens is 3. The number of carbonyl (C=O) groups excluding carboxylic acids is 4. The van der Waals surface area contributed by atoms with Crippen LogP contribution in [0.25, 0.3) is 11.0 Å². The number of imide groups is 1. The van der Waals surface area contributed by atoms with E-state index in [9.17, 15) is 5.11 Å². The van der Waals surface area contributed by atoms with Crippen LogP contribution in [0.5, 0.6) is 17.2 Å². The molecule has 5 heterocycles. The lowest BCUT2D eigenvalue weighted by molar-refractivity contribution is -0.179. The van der Waals surface area contributed by atoms with Gasteiger partial charge in [0.2, 0.25) is 11.8 Å². The van der Waals surface area contributed by atoms with E-state index >= 15 is 19.2 Å². The van der Waals surface area contributed by atoms with E-state index in [1.165, 1.54) is 0 Å². The molecule has 0 saturated carbocycles. The van der Waals surface area contributed by atoms with Crippen molar-refractivity contribution in [2.24, 2.45) is 5.92 Å². The number of hydrogen-bond acceptors (Lipinski definition) is 12. The maximum absolute atomic E-state index is 17.2. The van der Waals surface area contributed by atoms with Crippen LogP contribution in [0.4, 0.5) is 10.5 Å². The minimum absolute atomic E-state index is 0.0980. The normalized spacial score (nSPS) is 21.4. The molecule has 2 N–H and O–H groups in total. The molecule has 0 aliphatic carbocycles. The second-order valence-corrected chi connectivity index (χ2v) is 20.4. The predicted octanol–water partition coefficient (Wildman–Crippen LogP) is 8.59. The second kappa shape index (κ2) is 21.5. The highest BCUT2D eigenvalue weighted by Gasteiger charge is 2.76. The van der Waals surface area contributed by atoms with Gasteiger partial charge in [-0.2, -0.15) is 0 Å². The molecule has 16 nitrogen and oxygen atoms in total. The summed E-state index contributed by atoms with van der Waals surface area (Å²) < 4.78 is 26.3. The van der Waals surface area contributed by atoms with Gasteiger partial charge in [-0.3, -0.25) is 19.3 Å². The number of fused-ring (bicyclic) bond motifs is 5. The molecule has 402 valence electrons. The number of ether oxygens (including phenoxy) is 4. The lowest BCUT2D eigenvalue weighted by Crippen LogP contribution is -2.57. The Morgan fingerprint density at radius 1 is 0.787 bits per heavy atom. The molecular formula is C64H57N7O9. The van der Waals surface area contributed by atoms with Crippen LogP contribution in [-0.2, 0) is 44.0 Å². The highest BCUT2D eigenvalue weighted by molar-refractivity contribution is 6.25. The molecule has 0 bridgehead atoms. The number of amides is 4. The summed E-state index contributed by atoms with van der Waals surface area (Å²) in [5.41, 5.74) is 4.81. The van der Waals surface area contributed by atoms with Crippen molar-refractivity contribution in [1.82, 2.24) is 30.1 Å². The maximum Gasteiger partial charge on any atom is 0.329 e. The van der Waals surface area contributed by atoms with Crippen LogP contribution in [0.3, 0.4) is 0 Å². The second-order valence-electron chi connectivity index (χ2n) is 20.4. The number of rotatable bonds is 12. The molecule has 4 aliphatic rings. The van der Waals surface area contributed by atoms with E-state index in [0.29, 0.717) is 51.4 Å². The maximum atomic E-state index is 17.2. The number of aliphatic hydroxyl groups is 1. The average Bonchev–Trinajstić information content (AvgIpc) is 3.50. The largest absolute Gasteiger partial charge is 0.493 e. The molecule has 16 heteroatoms. The Bertz CT molecular complexity index is 3730. The molecule has 2 saturated heterocycles. The molecule has 0 radical (unpaired) electrons. The Morgan fingerprint density at radius 2 is 1.46 bits per heavy atom. The average molecular weight is 1070 g/mol. The van der Waals surface area contributed by atoms with Gasteiger partial charge >= 0.3 is 12.0 Å². The van der Waals surface area contributed by atoms with Crippen molar-refractivity contribution >= 4 is 40.5 Å². The van der Waals surface area contributed by atoms with Gasteiger partial charge in [-0.25, -0.2) is 14.4 Å². The third-order valence-electron chi connectivity index (χ3n) is 16.0. The zero-order valence-corrected chi connectivity index (χ0v) is 44.3. The van der Waals surface area contributed by atoms with E-state index < -0.39 is 65.4 Å². The SMILES string of the molecule is COc1cc2c(cc1OC)CN(C(=O)[C@@H]1[C@H]3C(=O)O[C@H](c4ccccc4)[C@H](c4ccccc4)N3[C@H](c3ccccc3OCCO)[C@@]13C(=O)N(C(=O)N[C@H](C)c1ccccc1)c1ccc(C#CCn4nnc5ccccc54)cc13)CC2. The summed E-state index contributed by atoms with van der Waals surface area (Å²) in [5, 5.41) is 22.1. The molecule has 1 aromatic heterocycles. The minimum atomic E-state index is -2.11. The van der Waals surface area contributed by atoms with E-state index in [1.54, 1.807) is 54.1 Å². The van der Waals surface area contributed by atoms with Crippen molar-refractivity contribution < 1.29 is 43.2 Å². The third kappa shape index (κ3) is 8.75. The van der Waals surface area contributed by atoms with Gasteiger partial charge in [-0.15, -0.1) is 5.10 Å². The van der Waals surface area contributed by atoms with Crippen molar-refractivity contribution in [3.63, 3.8) is 0 Å². The number of anilines is 1. The zero-order valence-electron chi connectivity index (χ0n) is 44.3. The van der Waals surface area contributed by atoms with Gasteiger partial charge in [0, 0.05) is 24.2 Å².